The Bertz CT molecular complexity index is 201. The Labute approximate surface area is 97.3 Å². The summed E-state index contributed by atoms with van der Waals surface area (Å²) in [6.45, 7) is 4.60. The highest BCUT2D eigenvalue weighted by molar-refractivity contribution is 5.71. The second-order valence-electron chi connectivity index (χ2n) is 3.65. The fourth-order valence-electron chi connectivity index (χ4n) is 1.13. The van der Waals surface area contributed by atoms with E-state index in [1.165, 1.54) is 0 Å². The molecule has 16 heavy (non-hydrogen) atoms. The second-order valence-corrected chi connectivity index (χ2v) is 3.65. The van der Waals surface area contributed by atoms with Crippen LogP contribution < -0.4 is 0 Å². The van der Waals surface area contributed by atoms with Gasteiger partial charge in [0.25, 0.3) is 0 Å². The van der Waals surface area contributed by atoms with Crippen molar-refractivity contribution in [2.45, 2.75) is 52.4 Å². The zero-order valence-corrected chi connectivity index (χ0v) is 10.3. The van der Waals surface area contributed by atoms with E-state index in [1.54, 1.807) is 0 Å². The van der Waals surface area contributed by atoms with Crippen molar-refractivity contribution in [1.82, 2.24) is 0 Å². The summed E-state index contributed by atoms with van der Waals surface area (Å²) in [6, 6.07) is 0. The molecule has 0 N–H and O–H groups in total. The van der Waals surface area contributed by atoms with E-state index >= 15 is 0 Å². The van der Waals surface area contributed by atoms with Crippen molar-refractivity contribution in [3.8, 4) is 0 Å². The van der Waals surface area contributed by atoms with E-state index < -0.39 is 0 Å². The number of hydrogen-bond acceptors (Lipinski definition) is 4. The Morgan fingerprint density at radius 3 is 2.06 bits per heavy atom. The Hall–Kier alpha value is -1.06. The lowest BCUT2D eigenvalue weighted by atomic mass is 10.3. The minimum atomic E-state index is -0.291. The average Bonchev–Trinajstić information content (AvgIpc) is 2.25. The first-order valence-corrected chi connectivity index (χ1v) is 6.02. The van der Waals surface area contributed by atoms with Gasteiger partial charge in [0.15, 0.2) is 0 Å². The van der Waals surface area contributed by atoms with Gasteiger partial charge >= 0.3 is 11.9 Å². The van der Waals surface area contributed by atoms with Crippen molar-refractivity contribution in [2.75, 3.05) is 13.2 Å². The molecule has 94 valence electrons. The van der Waals surface area contributed by atoms with Crippen LogP contribution in [0.4, 0.5) is 0 Å². The summed E-state index contributed by atoms with van der Waals surface area (Å²) < 4.78 is 9.80. The third-order valence-corrected chi connectivity index (χ3v) is 2.03. The van der Waals surface area contributed by atoms with E-state index in [0.717, 1.165) is 25.7 Å². The van der Waals surface area contributed by atoms with Gasteiger partial charge in [-0.3, -0.25) is 9.59 Å². The van der Waals surface area contributed by atoms with E-state index in [2.05, 4.69) is 6.92 Å². The van der Waals surface area contributed by atoms with Crippen molar-refractivity contribution < 1.29 is 19.1 Å². The first kappa shape index (κ1) is 14.9. The van der Waals surface area contributed by atoms with Gasteiger partial charge < -0.3 is 9.47 Å². The van der Waals surface area contributed by atoms with Gasteiger partial charge in [0, 0.05) is 6.42 Å². The number of carbonyl (C=O) groups excluding carboxylic acids is 2. The number of esters is 2. The molecule has 0 aliphatic carbocycles. The zero-order chi connectivity index (χ0) is 12.2. The normalized spacial score (nSPS) is 9.88. The van der Waals surface area contributed by atoms with Crippen molar-refractivity contribution in [3.63, 3.8) is 0 Å². The smallest absolute Gasteiger partial charge is 0.309 e. The van der Waals surface area contributed by atoms with Crippen molar-refractivity contribution in [1.29, 1.82) is 0 Å². The standard InChI is InChI=1S/C12H22O4/c1-3-5-6-9-15-12(14)8-10-16-11(13)7-4-2/h3-10H2,1-2H3. The molecule has 0 aliphatic heterocycles. The average molecular weight is 230 g/mol. The maximum atomic E-state index is 11.1. The molecule has 0 heterocycles. The van der Waals surface area contributed by atoms with Gasteiger partial charge in [-0.05, 0) is 12.8 Å². The highest BCUT2D eigenvalue weighted by Gasteiger charge is 2.05. The topological polar surface area (TPSA) is 52.6 Å². The quantitative estimate of drug-likeness (QED) is 0.451. The van der Waals surface area contributed by atoms with Crippen LogP contribution in [-0.2, 0) is 19.1 Å². The molecule has 0 bridgehead atoms. The van der Waals surface area contributed by atoms with E-state index in [0.29, 0.717) is 13.0 Å². The molecule has 0 aliphatic rings. The molecule has 4 nitrogen and oxygen atoms in total. The molecule has 0 amide bonds. The number of carbonyl (C=O) groups is 2. The Balaban J connectivity index is 3.33. The van der Waals surface area contributed by atoms with E-state index in [-0.39, 0.29) is 25.0 Å². The molecule has 0 aromatic carbocycles. The van der Waals surface area contributed by atoms with Gasteiger partial charge in [-0.15, -0.1) is 0 Å². The molecule has 0 unspecified atom stereocenters. The van der Waals surface area contributed by atoms with Gasteiger partial charge in [-0.2, -0.15) is 0 Å². The van der Waals surface area contributed by atoms with Crippen LogP contribution in [0.3, 0.4) is 0 Å². The maximum absolute atomic E-state index is 11.1. The van der Waals surface area contributed by atoms with Gasteiger partial charge in [-0.25, -0.2) is 0 Å². The highest BCUT2D eigenvalue weighted by Crippen LogP contribution is 1.97. The molecule has 0 saturated heterocycles. The minimum Gasteiger partial charge on any atom is -0.466 e. The number of ether oxygens (including phenoxy) is 2. The molecule has 0 fully saturated rings. The molecule has 0 saturated carbocycles. The van der Waals surface area contributed by atoms with Crippen LogP contribution in [0.1, 0.15) is 52.4 Å². The lowest BCUT2D eigenvalue weighted by Gasteiger charge is -2.05. The van der Waals surface area contributed by atoms with Crippen LogP contribution in [0.5, 0.6) is 0 Å². The lowest BCUT2D eigenvalue weighted by Crippen LogP contribution is -2.12. The number of hydrogen-bond donors (Lipinski definition) is 0. The predicted octanol–water partition coefficient (Wildman–Crippen LogP) is 2.45. The highest BCUT2D eigenvalue weighted by atomic mass is 16.5. The largest absolute Gasteiger partial charge is 0.466 e. The van der Waals surface area contributed by atoms with E-state index in [9.17, 15) is 9.59 Å². The minimum absolute atomic E-state index is 0.130. The molecule has 0 aromatic rings. The molecule has 0 rings (SSSR count). The monoisotopic (exact) mass is 230 g/mol. The maximum Gasteiger partial charge on any atom is 0.309 e. The molecule has 0 atom stereocenters. The first-order valence-electron chi connectivity index (χ1n) is 6.02. The number of unbranched alkanes of at least 4 members (excludes halogenated alkanes) is 2. The predicted molar refractivity (Wildman–Crippen MR) is 61.0 cm³/mol. The summed E-state index contributed by atoms with van der Waals surface area (Å²) >= 11 is 0. The van der Waals surface area contributed by atoms with E-state index in [4.69, 9.17) is 9.47 Å². The van der Waals surface area contributed by atoms with Gasteiger partial charge in [0.2, 0.25) is 0 Å². The summed E-state index contributed by atoms with van der Waals surface area (Å²) in [5.41, 5.74) is 0. The third kappa shape index (κ3) is 9.49. The Morgan fingerprint density at radius 1 is 0.812 bits per heavy atom. The Morgan fingerprint density at radius 2 is 1.44 bits per heavy atom. The Kier molecular flexibility index (Phi) is 9.76. The summed E-state index contributed by atoms with van der Waals surface area (Å²) in [5.74, 6) is -0.540. The lowest BCUT2D eigenvalue weighted by molar-refractivity contribution is -0.149. The van der Waals surface area contributed by atoms with Crippen LogP contribution in [0.15, 0.2) is 0 Å². The van der Waals surface area contributed by atoms with Crippen LogP contribution in [0, 0.1) is 0 Å². The van der Waals surface area contributed by atoms with Crippen molar-refractivity contribution in [3.05, 3.63) is 0 Å². The van der Waals surface area contributed by atoms with E-state index in [1.807, 2.05) is 6.92 Å². The number of rotatable bonds is 9. The SMILES string of the molecule is CCCCCOC(=O)CCOC(=O)CCC. The molecule has 0 radical (unpaired) electrons. The second kappa shape index (κ2) is 10.5. The molecule has 0 aromatic heterocycles. The van der Waals surface area contributed by atoms with Gasteiger partial charge in [0.05, 0.1) is 13.0 Å². The molecule has 4 heteroatoms. The third-order valence-electron chi connectivity index (χ3n) is 2.03. The molecular weight excluding hydrogens is 208 g/mol. The fraction of sp³-hybridized carbons (Fsp3) is 0.833. The first-order chi connectivity index (χ1) is 7.70. The summed E-state index contributed by atoms with van der Waals surface area (Å²) in [5, 5.41) is 0. The van der Waals surface area contributed by atoms with Gasteiger partial charge in [0.1, 0.15) is 6.61 Å². The molecular formula is C12H22O4. The summed E-state index contributed by atoms with van der Waals surface area (Å²) in [7, 11) is 0. The van der Waals surface area contributed by atoms with Gasteiger partial charge in [-0.1, -0.05) is 26.7 Å². The fourth-order valence-corrected chi connectivity index (χ4v) is 1.13. The summed E-state index contributed by atoms with van der Waals surface area (Å²) in [6.07, 6.45) is 4.40. The zero-order valence-electron chi connectivity index (χ0n) is 10.3. The van der Waals surface area contributed by atoms with Crippen molar-refractivity contribution in [2.24, 2.45) is 0 Å². The van der Waals surface area contributed by atoms with Crippen LogP contribution in [0.25, 0.3) is 0 Å². The van der Waals surface area contributed by atoms with Crippen LogP contribution in [0.2, 0.25) is 0 Å². The van der Waals surface area contributed by atoms with Crippen LogP contribution >= 0.6 is 0 Å². The van der Waals surface area contributed by atoms with Crippen molar-refractivity contribution >= 4 is 11.9 Å². The molecule has 0 spiro atoms. The van der Waals surface area contributed by atoms with Crippen LogP contribution in [-0.4, -0.2) is 25.2 Å². The summed E-state index contributed by atoms with van der Waals surface area (Å²) in [4.78, 5) is 22.1.